The van der Waals surface area contributed by atoms with Gasteiger partial charge >= 0.3 is 17.9 Å². The van der Waals surface area contributed by atoms with Crippen molar-refractivity contribution >= 4 is 47.0 Å². The van der Waals surface area contributed by atoms with Crippen molar-refractivity contribution in [3.63, 3.8) is 0 Å². The monoisotopic (exact) mass is 449 g/mol. The van der Waals surface area contributed by atoms with Crippen molar-refractivity contribution in [2.24, 2.45) is 11.8 Å². The lowest BCUT2D eigenvalue weighted by atomic mass is 9.76. The molecule has 1 aromatic rings. The van der Waals surface area contributed by atoms with Crippen LogP contribution in [0.4, 0.5) is 5.69 Å². The zero-order valence-electron chi connectivity index (χ0n) is 16.2. The number of halogens is 1. The van der Waals surface area contributed by atoms with Crippen molar-refractivity contribution in [2.45, 2.75) is 31.8 Å². The smallest absolute Gasteiger partial charge is 0.337 e. The summed E-state index contributed by atoms with van der Waals surface area (Å²) in [4.78, 5) is 62.0. The highest BCUT2D eigenvalue weighted by Crippen LogP contribution is 2.54. The number of nitrogens with zero attached hydrogens (tertiary/aromatic N) is 1. The molecule has 2 fully saturated rings. The fourth-order valence-electron chi connectivity index (χ4n) is 4.29. The molecule has 162 valence electrons. The number of hydrogen-bond donors (Lipinski definition) is 1. The lowest BCUT2D eigenvalue weighted by Gasteiger charge is -2.34. The first-order valence-corrected chi connectivity index (χ1v) is 9.57. The lowest BCUT2D eigenvalue weighted by Crippen LogP contribution is -2.52. The van der Waals surface area contributed by atoms with Crippen molar-refractivity contribution in [2.75, 3.05) is 4.90 Å². The number of aromatic carboxylic acids is 1. The van der Waals surface area contributed by atoms with Gasteiger partial charge in [-0.2, -0.15) is 0 Å². The van der Waals surface area contributed by atoms with E-state index in [-0.39, 0.29) is 16.3 Å². The molecule has 4 rings (SSSR count). The molecule has 3 aliphatic heterocycles. The molecule has 0 aliphatic carbocycles. The van der Waals surface area contributed by atoms with Crippen molar-refractivity contribution in [3.8, 4) is 0 Å². The molecule has 0 spiro atoms. The number of carboxylic acids is 1. The van der Waals surface area contributed by atoms with E-state index in [1.807, 2.05) is 0 Å². The van der Waals surface area contributed by atoms with Gasteiger partial charge in [-0.25, -0.2) is 9.69 Å². The third-order valence-electron chi connectivity index (χ3n) is 5.43. The van der Waals surface area contributed by atoms with E-state index in [9.17, 15) is 29.1 Å². The van der Waals surface area contributed by atoms with Gasteiger partial charge in [0.15, 0.2) is 5.60 Å². The number of anilines is 1. The summed E-state index contributed by atoms with van der Waals surface area (Å²) >= 11 is 5.89. The highest BCUT2D eigenvalue weighted by atomic mass is 35.5. The number of hydrogen-bond acceptors (Lipinski definition) is 8. The summed E-state index contributed by atoms with van der Waals surface area (Å²) in [7, 11) is 0. The predicted octanol–water partition coefficient (Wildman–Crippen LogP) is 1.30. The van der Waals surface area contributed by atoms with E-state index in [4.69, 9.17) is 25.8 Å². The summed E-state index contributed by atoms with van der Waals surface area (Å²) in [5, 5.41) is 9.25. The molecule has 0 radical (unpaired) electrons. The van der Waals surface area contributed by atoms with Crippen LogP contribution in [0.3, 0.4) is 0 Å². The van der Waals surface area contributed by atoms with Gasteiger partial charge in [-0.1, -0.05) is 17.7 Å². The van der Waals surface area contributed by atoms with Gasteiger partial charge in [-0.15, -0.1) is 0 Å². The quantitative estimate of drug-likeness (QED) is 0.305. The second-order valence-corrected chi connectivity index (χ2v) is 7.74. The van der Waals surface area contributed by atoms with Crippen LogP contribution < -0.4 is 4.90 Å². The molecule has 1 aromatic carbocycles. The molecule has 2 amide bonds. The summed E-state index contributed by atoms with van der Waals surface area (Å²) in [6.45, 7) is 2.20. The average molecular weight is 450 g/mol. The minimum absolute atomic E-state index is 0.0253. The number of fused-ring (bicyclic) bond motifs is 5. The number of carboxylic acid groups (broad SMARTS) is 1. The summed E-state index contributed by atoms with van der Waals surface area (Å²) in [6.07, 6.45) is 0.594. The molecule has 3 aliphatic rings. The Morgan fingerprint density at radius 3 is 2.39 bits per heavy atom. The van der Waals surface area contributed by atoms with E-state index in [1.165, 1.54) is 18.2 Å². The number of ether oxygens (including phenoxy) is 3. The van der Waals surface area contributed by atoms with Gasteiger partial charge in [0.1, 0.15) is 0 Å². The third kappa shape index (κ3) is 3.10. The maximum Gasteiger partial charge on any atom is 0.337 e. The van der Waals surface area contributed by atoms with Gasteiger partial charge in [-0.3, -0.25) is 19.2 Å². The fraction of sp³-hybridized carbons (Fsp3) is 0.350. The van der Waals surface area contributed by atoms with Crippen molar-refractivity contribution in [1.29, 1.82) is 0 Å². The van der Waals surface area contributed by atoms with Gasteiger partial charge in [0.2, 0.25) is 11.8 Å². The van der Waals surface area contributed by atoms with Crippen molar-refractivity contribution < 1.29 is 43.3 Å². The lowest BCUT2D eigenvalue weighted by molar-refractivity contribution is -0.226. The van der Waals surface area contributed by atoms with Gasteiger partial charge in [0.05, 0.1) is 34.2 Å². The van der Waals surface area contributed by atoms with Crippen LogP contribution in [0.2, 0.25) is 5.02 Å². The first kappa shape index (κ1) is 21.0. The molecule has 2 saturated heterocycles. The fourth-order valence-corrected chi connectivity index (χ4v) is 4.49. The van der Waals surface area contributed by atoms with E-state index >= 15 is 0 Å². The zero-order valence-corrected chi connectivity index (χ0v) is 17.0. The predicted molar refractivity (Wildman–Crippen MR) is 102 cm³/mol. The first-order valence-electron chi connectivity index (χ1n) is 9.19. The van der Waals surface area contributed by atoms with Crippen LogP contribution >= 0.6 is 11.6 Å². The maximum atomic E-state index is 13.4. The molecule has 3 heterocycles. The van der Waals surface area contributed by atoms with E-state index < -0.39 is 59.6 Å². The Bertz CT molecular complexity index is 1050. The Hall–Kier alpha value is -3.24. The Balaban J connectivity index is 1.76. The number of amides is 2. The van der Waals surface area contributed by atoms with Gasteiger partial charge in [0, 0.05) is 13.8 Å². The standard InChI is InChI=1S/C20H16ClNO9/c1-8(23)29-19(30-9(2)24)20-6-5-13(31-20)14-15(20)17(26)22(16(14)25)10-3-4-12(21)11(7-10)18(27)28/h3-7,13-15,19H,1-2H3,(H,27,28)/t13-,14+,15+,20-/m0/s1. The van der Waals surface area contributed by atoms with Crippen LogP contribution in [-0.2, 0) is 33.4 Å². The molecule has 11 heteroatoms. The number of imide groups is 1. The molecular weight excluding hydrogens is 434 g/mol. The largest absolute Gasteiger partial charge is 0.478 e. The molecule has 10 nitrogen and oxygen atoms in total. The molecule has 0 aromatic heterocycles. The summed E-state index contributed by atoms with van der Waals surface area (Å²) < 4.78 is 16.1. The SMILES string of the molecule is CC(=O)OC(OC(C)=O)[C@@]12C=C[C@H](O1)[C@H]1C(=O)N(c3ccc(Cl)c(C(=O)O)c3)C(=O)[C@@H]12. The summed E-state index contributed by atoms with van der Waals surface area (Å²) in [5.41, 5.74) is -1.94. The molecule has 2 bridgehead atoms. The molecule has 0 saturated carbocycles. The Kier molecular flexibility index (Phi) is 4.86. The Labute approximate surface area is 180 Å². The zero-order chi connectivity index (χ0) is 22.7. The summed E-state index contributed by atoms with van der Waals surface area (Å²) in [5.74, 6) is -6.31. The van der Waals surface area contributed by atoms with Gasteiger partial charge in [0.25, 0.3) is 6.29 Å². The van der Waals surface area contributed by atoms with Crippen molar-refractivity contribution in [3.05, 3.63) is 40.9 Å². The van der Waals surface area contributed by atoms with Crippen molar-refractivity contribution in [1.82, 2.24) is 0 Å². The van der Waals surface area contributed by atoms with Gasteiger partial charge < -0.3 is 19.3 Å². The van der Waals surface area contributed by atoms with Crippen LogP contribution in [0.5, 0.6) is 0 Å². The van der Waals surface area contributed by atoms with Crippen LogP contribution in [-0.4, -0.2) is 52.8 Å². The maximum absolute atomic E-state index is 13.4. The molecular formula is C20H16ClNO9. The van der Waals surface area contributed by atoms with Crippen LogP contribution in [0.25, 0.3) is 0 Å². The van der Waals surface area contributed by atoms with Crippen LogP contribution in [0, 0.1) is 11.8 Å². The second-order valence-electron chi connectivity index (χ2n) is 7.33. The number of esters is 2. The van der Waals surface area contributed by atoms with E-state index in [1.54, 1.807) is 6.08 Å². The van der Waals surface area contributed by atoms with Crippen LogP contribution in [0.1, 0.15) is 24.2 Å². The number of carbonyl (C=O) groups is 5. The second kappa shape index (κ2) is 7.17. The number of benzene rings is 1. The normalized spacial score (nSPS) is 28.3. The minimum Gasteiger partial charge on any atom is -0.478 e. The highest BCUT2D eigenvalue weighted by Gasteiger charge is 2.72. The topological polar surface area (TPSA) is 137 Å². The molecule has 4 atom stereocenters. The minimum atomic E-state index is -1.68. The Morgan fingerprint density at radius 1 is 1.16 bits per heavy atom. The first-order chi connectivity index (χ1) is 14.6. The summed E-state index contributed by atoms with van der Waals surface area (Å²) in [6, 6.07) is 3.75. The van der Waals surface area contributed by atoms with Crippen LogP contribution in [0.15, 0.2) is 30.4 Å². The van der Waals surface area contributed by atoms with E-state index in [0.29, 0.717) is 0 Å². The number of carbonyl (C=O) groups excluding carboxylic acids is 4. The average Bonchev–Trinajstić information content (AvgIpc) is 3.32. The number of rotatable bonds is 5. The van der Waals surface area contributed by atoms with E-state index in [0.717, 1.165) is 24.8 Å². The molecule has 31 heavy (non-hydrogen) atoms. The highest BCUT2D eigenvalue weighted by molar-refractivity contribution is 6.34. The molecule has 0 unspecified atom stereocenters. The Morgan fingerprint density at radius 2 is 1.81 bits per heavy atom. The third-order valence-corrected chi connectivity index (χ3v) is 5.76. The molecule has 1 N–H and O–H groups in total. The van der Waals surface area contributed by atoms with E-state index in [2.05, 4.69) is 0 Å². The van der Waals surface area contributed by atoms with Gasteiger partial charge in [-0.05, 0) is 24.3 Å².